The molecule has 1 aliphatic rings. The monoisotopic (exact) mass is 285 g/mol. The average Bonchev–Trinajstić information content (AvgIpc) is 2.38. The fraction of sp³-hybridized carbons (Fsp3) is 0.417. The molecule has 1 fully saturated rings. The zero-order chi connectivity index (χ0) is 14.9. The number of halogens is 2. The van der Waals surface area contributed by atoms with Gasteiger partial charge in [-0.1, -0.05) is 0 Å². The van der Waals surface area contributed by atoms with Crippen molar-refractivity contribution in [2.75, 3.05) is 18.8 Å². The zero-order valence-electron chi connectivity index (χ0n) is 10.5. The van der Waals surface area contributed by atoms with Gasteiger partial charge < -0.3 is 10.6 Å². The molecule has 8 heteroatoms. The fourth-order valence-corrected chi connectivity index (χ4v) is 2.05. The van der Waals surface area contributed by atoms with Gasteiger partial charge in [0.15, 0.2) is 0 Å². The summed E-state index contributed by atoms with van der Waals surface area (Å²) < 4.78 is 26.0. The van der Waals surface area contributed by atoms with Crippen LogP contribution in [0.4, 0.5) is 20.2 Å². The summed E-state index contributed by atoms with van der Waals surface area (Å²) in [6.07, 6.45) is -0.786. The van der Waals surface area contributed by atoms with Crippen LogP contribution in [0.1, 0.15) is 23.2 Å². The van der Waals surface area contributed by atoms with Gasteiger partial charge in [-0.3, -0.25) is 14.9 Å². The highest BCUT2D eigenvalue weighted by molar-refractivity contribution is 5.95. The van der Waals surface area contributed by atoms with Gasteiger partial charge >= 0.3 is 0 Å². The third kappa shape index (κ3) is 2.84. The van der Waals surface area contributed by atoms with Crippen LogP contribution in [0.2, 0.25) is 0 Å². The van der Waals surface area contributed by atoms with E-state index >= 15 is 0 Å². The number of likely N-dealkylation sites (tertiary alicyclic amines) is 1. The van der Waals surface area contributed by atoms with E-state index in [9.17, 15) is 23.7 Å². The van der Waals surface area contributed by atoms with E-state index in [1.807, 2.05) is 0 Å². The number of nitro benzene ring substituents is 1. The van der Waals surface area contributed by atoms with E-state index in [2.05, 4.69) is 0 Å². The maximum absolute atomic E-state index is 13.0. The Morgan fingerprint density at radius 1 is 1.35 bits per heavy atom. The summed E-state index contributed by atoms with van der Waals surface area (Å²) in [5, 5.41) is 10.8. The summed E-state index contributed by atoms with van der Waals surface area (Å²) >= 11 is 0. The lowest BCUT2D eigenvalue weighted by molar-refractivity contribution is -0.383. The number of carbonyl (C=O) groups excluding carboxylic acids is 1. The quantitative estimate of drug-likeness (QED) is 0.511. The number of alkyl halides is 2. The highest BCUT2D eigenvalue weighted by atomic mass is 19.3. The Morgan fingerprint density at radius 2 is 1.95 bits per heavy atom. The van der Waals surface area contributed by atoms with Gasteiger partial charge in [-0.25, -0.2) is 8.78 Å². The molecule has 1 saturated heterocycles. The summed E-state index contributed by atoms with van der Waals surface area (Å²) in [7, 11) is 0. The number of nitro groups is 1. The molecule has 1 heterocycles. The Bertz CT molecular complexity index is 553. The lowest BCUT2D eigenvalue weighted by Gasteiger charge is -2.31. The lowest BCUT2D eigenvalue weighted by Crippen LogP contribution is -2.42. The van der Waals surface area contributed by atoms with E-state index < -0.39 is 29.6 Å². The number of amides is 1. The number of piperidine rings is 1. The summed E-state index contributed by atoms with van der Waals surface area (Å²) in [6, 6.07) is 3.70. The molecule has 6 nitrogen and oxygen atoms in total. The number of hydrogen-bond donors (Lipinski definition) is 1. The largest absolute Gasteiger partial charge is 0.393 e. The second-order valence-electron chi connectivity index (χ2n) is 4.68. The number of carbonyl (C=O) groups is 1. The van der Waals surface area contributed by atoms with Crippen molar-refractivity contribution in [3.05, 3.63) is 33.9 Å². The SMILES string of the molecule is Nc1ccc(C(=O)N2CCC(F)(F)CC2)cc1[N+](=O)[O-]. The number of nitrogens with two attached hydrogens (primary N) is 1. The Kier molecular flexibility index (Phi) is 3.56. The summed E-state index contributed by atoms with van der Waals surface area (Å²) in [4.78, 5) is 23.5. The normalized spacial score (nSPS) is 17.8. The Balaban J connectivity index is 2.18. The standard InChI is InChI=1S/C12H13F2N3O3/c13-12(14)3-5-16(6-4-12)11(18)8-1-2-9(15)10(7-8)17(19)20/h1-2,7H,3-6,15H2. The van der Waals surface area contributed by atoms with Gasteiger partial charge in [0, 0.05) is 37.6 Å². The highest BCUT2D eigenvalue weighted by Gasteiger charge is 2.36. The van der Waals surface area contributed by atoms with Crippen LogP contribution in [0.3, 0.4) is 0 Å². The molecule has 0 saturated carbocycles. The van der Waals surface area contributed by atoms with Gasteiger partial charge in [-0.05, 0) is 12.1 Å². The van der Waals surface area contributed by atoms with Crippen molar-refractivity contribution in [3.63, 3.8) is 0 Å². The molecule has 0 radical (unpaired) electrons. The number of benzene rings is 1. The van der Waals surface area contributed by atoms with E-state index in [1.54, 1.807) is 0 Å². The molecule has 0 atom stereocenters. The molecule has 0 aliphatic carbocycles. The molecular weight excluding hydrogens is 272 g/mol. The predicted octanol–water partition coefficient (Wildman–Crippen LogP) is 2.05. The van der Waals surface area contributed by atoms with Crippen LogP contribution >= 0.6 is 0 Å². The molecule has 2 rings (SSSR count). The summed E-state index contributed by atoms with van der Waals surface area (Å²) in [6.45, 7) is -0.131. The maximum atomic E-state index is 13.0. The molecule has 20 heavy (non-hydrogen) atoms. The van der Waals surface area contributed by atoms with Gasteiger partial charge in [0.2, 0.25) is 0 Å². The first-order valence-electron chi connectivity index (χ1n) is 6.01. The van der Waals surface area contributed by atoms with Crippen molar-refractivity contribution in [2.45, 2.75) is 18.8 Å². The first-order chi connectivity index (χ1) is 9.30. The molecule has 1 amide bonds. The molecule has 0 aromatic heterocycles. The number of anilines is 1. The second-order valence-corrected chi connectivity index (χ2v) is 4.68. The van der Waals surface area contributed by atoms with Crippen LogP contribution < -0.4 is 5.73 Å². The topological polar surface area (TPSA) is 89.5 Å². The third-order valence-corrected chi connectivity index (χ3v) is 3.26. The molecule has 108 valence electrons. The lowest BCUT2D eigenvalue weighted by atomic mass is 10.1. The van der Waals surface area contributed by atoms with Crippen LogP contribution in [-0.2, 0) is 0 Å². The minimum Gasteiger partial charge on any atom is -0.393 e. The van der Waals surface area contributed by atoms with Crippen molar-refractivity contribution < 1.29 is 18.5 Å². The van der Waals surface area contributed by atoms with E-state index in [-0.39, 0.29) is 30.0 Å². The molecule has 1 aromatic rings. The molecule has 1 aliphatic heterocycles. The number of hydrogen-bond acceptors (Lipinski definition) is 4. The number of rotatable bonds is 2. The number of nitrogens with zero attached hydrogens (tertiary/aromatic N) is 2. The van der Waals surface area contributed by atoms with Gasteiger partial charge in [0.05, 0.1) is 4.92 Å². The predicted molar refractivity (Wildman–Crippen MR) is 67.6 cm³/mol. The van der Waals surface area contributed by atoms with Crippen molar-refractivity contribution in [1.29, 1.82) is 0 Å². The van der Waals surface area contributed by atoms with Crippen molar-refractivity contribution in [1.82, 2.24) is 4.90 Å². The molecule has 2 N–H and O–H groups in total. The van der Waals surface area contributed by atoms with Crippen molar-refractivity contribution in [2.24, 2.45) is 0 Å². The minimum absolute atomic E-state index is 0.0447. The Morgan fingerprint density at radius 3 is 2.50 bits per heavy atom. The molecular formula is C12H13F2N3O3. The van der Waals surface area contributed by atoms with Crippen molar-refractivity contribution >= 4 is 17.3 Å². The first kappa shape index (κ1) is 14.2. The molecule has 0 bridgehead atoms. The molecule has 1 aromatic carbocycles. The van der Waals surface area contributed by atoms with Crippen LogP contribution in [0.15, 0.2) is 18.2 Å². The van der Waals surface area contributed by atoms with Gasteiger partial charge in [-0.15, -0.1) is 0 Å². The van der Waals surface area contributed by atoms with Gasteiger partial charge in [0.25, 0.3) is 17.5 Å². The van der Waals surface area contributed by atoms with Gasteiger partial charge in [-0.2, -0.15) is 0 Å². The van der Waals surface area contributed by atoms with Gasteiger partial charge in [0.1, 0.15) is 5.69 Å². The smallest absolute Gasteiger partial charge is 0.292 e. The molecule has 0 unspecified atom stereocenters. The van der Waals surface area contributed by atoms with Crippen LogP contribution in [-0.4, -0.2) is 34.7 Å². The van der Waals surface area contributed by atoms with Crippen LogP contribution in [0.5, 0.6) is 0 Å². The average molecular weight is 285 g/mol. The number of nitrogen functional groups attached to an aromatic ring is 1. The highest BCUT2D eigenvalue weighted by Crippen LogP contribution is 2.29. The Labute approximate surface area is 113 Å². The van der Waals surface area contributed by atoms with E-state index in [0.717, 1.165) is 6.07 Å². The third-order valence-electron chi connectivity index (χ3n) is 3.26. The second kappa shape index (κ2) is 5.03. The summed E-state index contributed by atoms with van der Waals surface area (Å²) in [5.41, 5.74) is 5.11. The van der Waals surface area contributed by atoms with Crippen LogP contribution in [0.25, 0.3) is 0 Å². The maximum Gasteiger partial charge on any atom is 0.292 e. The van der Waals surface area contributed by atoms with E-state index in [1.165, 1.54) is 17.0 Å². The Hall–Kier alpha value is -2.25. The molecule has 0 spiro atoms. The minimum atomic E-state index is -2.75. The first-order valence-corrected chi connectivity index (χ1v) is 6.01. The van der Waals surface area contributed by atoms with Crippen molar-refractivity contribution in [3.8, 4) is 0 Å². The van der Waals surface area contributed by atoms with E-state index in [0.29, 0.717) is 0 Å². The van der Waals surface area contributed by atoms with E-state index in [4.69, 9.17) is 5.73 Å². The zero-order valence-corrected chi connectivity index (χ0v) is 10.5. The van der Waals surface area contributed by atoms with Crippen LogP contribution in [0, 0.1) is 10.1 Å². The fourth-order valence-electron chi connectivity index (χ4n) is 2.05. The summed E-state index contributed by atoms with van der Waals surface area (Å²) in [5.74, 6) is -3.24.